The molecular weight excluding hydrogens is 879 g/mol. The van der Waals surface area contributed by atoms with Crippen molar-refractivity contribution >= 4 is 71.8 Å². The molecule has 0 bridgehead atoms. The van der Waals surface area contributed by atoms with Crippen LogP contribution in [0.25, 0.3) is 0 Å². The number of carbonyl (C=O) groups excluding carboxylic acids is 3. The summed E-state index contributed by atoms with van der Waals surface area (Å²) in [6.45, 7) is 17.3. The molecule has 1 amide bonds. The molecule has 0 spiro atoms. The fourth-order valence-corrected chi connectivity index (χ4v) is 11.9. The van der Waals surface area contributed by atoms with Gasteiger partial charge in [-0.1, -0.05) is 137 Å². The number of amides is 1. The topological polar surface area (TPSA) is 144 Å². The van der Waals surface area contributed by atoms with Crippen molar-refractivity contribution < 1.29 is 33.8 Å². The molecule has 14 heteroatoms. The molecule has 10 nitrogen and oxygen atoms in total. The first-order chi connectivity index (χ1) is 30.2. The number of aromatic nitrogens is 1. The number of benzene rings is 3. The summed E-state index contributed by atoms with van der Waals surface area (Å²) >= 11 is 4.51. The van der Waals surface area contributed by atoms with Gasteiger partial charge in [-0.2, -0.15) is 0 Å². The van der Waals surface area contributed by atoms with Crippen molar-refractivity contribution in [2.75, 3.05) is 11.5 Å². The predicted octanol–water partition coefficient (Wildman–Crippen LogP) is 10.4. The van der Waals surface area contributed by atoms with Gasteiger partial charge in [-0.25, -0.2) is 9.78 Å². The molecule has 4 aromatic rings. The number of nitrogens with one attached hydrogen (secondary N) is 1. The molecule has 0 fully saturated rings. The van der Waals surface area contributed by atoms with Gasteiger partial charge >= 0.3 is 17.9 Å². The molecule has 1 unspecified atom stereocenters. The van der Waals surface area contributed by atoms with E-state index in [4.69, 9.17) is 14.5 Å². The SMILES string of the molecule is CC(C)[C@H](NC(=O)[C@@]1(C)CSC(c2csc(CC(=O)OC(C)(C)C)n2)=N1)C(=O)O[C@H](C=CCCSC(c1ccccc1)(c1ccccc1)c1ccccc1)C(CC[Si](C)(C)C)C(=O)O. The van der Waals surface area contributed by atoms with Crippen molar-refractivity contribution in [3.8, 4) is 0 Å². The van der Waals surface area contributed by atoms with Crippen molar-refractivity contribution in [3.05, 3.63) is 136 Å². The minimum Gasteiger partial charge on any atom is -0.481 e. The van der Waals surface area contributed by atoms with E-state index in [0.717, 1.165) is 22.7 Å². The maximum absolute atomic E-state index is 14.2. The highest BCUT2D eigenvalue weighted by Gasteiger charge is 2.43. The predicted molar refractivity (Wildman–Crippen MR) is 265 cm³/mol. The first-order valence-corrected chi connectivity index (χ1v) is 28.4. The molecule has 5 rings (SSSR count). The normalized spacial score (nSPS) is 17.1. The van der Waals surface area contributed by atoms with Crippen molar-refractivity contribution in [1.82, 2.24) is 10.3 Å². The van der Waals surface area contributed by atoms with Crippen LogP contribution in [0.1, 0.15) is 81.8 Å². The average Bonchev–Trinajstić information content (AvgIpc) is 3.87. The summed E-state index contributed by atoms with van der Waals surface area (Å²) < 4.78 is 11.1. The van der Waals surface area contributed by atoms with E-state index in [-0.39, 0.29) is 18.3 Å². The standard InChI is InChI=1S/C50H63N3O7S3Si/c1-34(2)43(52-47(58)49(6)33-62-44(53-49)39-32-61-41(51-39)31-42(54)60-48(3,4)5)46(57)59-40(38(45(55)56)28-30-64(7,8)9)27-19-20-29-63-50(35-21-13-10-14-22-35,36-23-15-11-16-24-36)37-25-17-12-18-26-37/h10-19,21-27,32,34,38,40,43H,20,28-31,33H2,1-9H3,(H,52,58)(H,55,56)/t38?,40-,43+,49-/m1/s1. The average molecular weight is 942 g/mol. The summed E-state index contributed by atoms with van der Waals surface area (Å²) in [4.78, 5) is 62.9. The molecule has 64 heavy (non-hydrogen) atoms. The second-order valence-corrected chi connectivity index (χ2v) is 27.7. The van der Waals surface area contributed by atoms with Crippen LogP contribution in [-0.4, -0.2) is 81.8 Å². The largest absolute Gasteiger partial charge is 0.481 e. The zero-order valence-electron chi connectivity index (χ0n) is 38.5. The number of thiazole rings is 1. The Morgan fingerprint density at radius 3 is 1.98 bits per heavy atom. The van der Waals surface area contributed by atoms with Gasteiger partial charge in [0.05, 0.1) is 17.1 Å². The maximum Gasteiger partial charge on any atom is 0.329 e. The highest BCUT2D eigenvalue weighted by atomic mass is 32.2. The third-order valence-corrected chi connectivity index (χ3v) is 16.2. The molecule has 0 aliphatic carbocycles. The summed E-state index contributed by atoms with van der Waals surface area (Å²) in [5.74, 6) is -2.93. The number of aliphatic carboxylic acids is 1. The van der Waals surface area contributed by atoms with E-state index >= 15 is 0 Å². The molecule has 0 saturated heterocycles. The third-order valence-electron chi connectivity index (χ3n) is 10.7. The highest BCUT2D eigenvalue weighted by Crippen LogP contribution is 2.48. The number of rotatable bonds is 21. The number of hydrogen-bond acceptors (Lipinski definition) is 11. The van der Waals surface area contributed by atoms with Crippen LogP contribution in [0.2, 0.25) is 25.7 Å². The number of nitrogens with zero attached hydrogens (tertiary/aromatic N) is 2. The number of thioether (sulfide) groups is 2. The van der Waals surface area contributed by atoms with Gasteiger partial charge in [0.25, 0.3) is 0 Å². The van der Waals surface area contributed by atoms with Crippen LogP contribution in [0.4, 0.5) is 0 Å². The fraction of sp³-hybridized carbons (Fsp3) is 0.440. The van der Waals surface area contributed by atoms with Crippen LogP contribution in [0, 0.1) is 11.8 Å². The Morgan fingerprint density at radius 2 is 1.48 bits per heavy atom. The summed E-state index contributed by atoms with van der Waals surface area (Å²) in [6.07, 6.45) is 3.55. The third kappa shape index (κ3) is 13.8. The number of allylic oxidation sites excluding steroid dienone is 1. The molecule has 2 N–H and O–H groups in total. The Labute approximate surface area is 392 Å². The van der Waals surface area contributed by atoms with Crippen LogP contribution in [0.5, 0.6) is 0 Å². The lowest BCUT2D eigenvalue weighted by Crippen LogP contribution is -2.53. The number of ether oxygens (including phenoxy) is 2. The quantitative estimate of drug-likeness (QED) is 0.0272. The van der Waals surface area contributed by atoms with E-state index in [9.17, 15) is 24.3 Å². The molecule has 4 atom stereocenters. The molecule has 1 aromatic heterocycles. The van der Waals surface area contributed by atoms with Gasteiger partial charge in [0, 0.05) is 19.2 Å². The highest BCUT2D eigenvalue weighted by molar-refractivity contribution is 8.14. The first kappa shape index (κ1) is 50.5. The number of hydrogen-bond donors (Lipinski definition) is 2. The van der Waals surface area contributed by atoms with Crippen LogP contribution in [0.15, 0.2) is 114 Å². The molecule has 1 aliphatic heterocycles. The molecule has 3 aromatic carbocycles. The minimum absolute atomic E-state index is 0.0311. The second kappa shape index (κ2) is 22.1. The summed E-state index contributed by atoms with van der Waals surface area (Å²) in [6, 6.07) is 31.0. The Balaban J connectivity index is 1.34. The van der Waals surface area contributed by atoms with E-state index in [2.05, 4.69) is 103 Å². The van der Waals surface area contributed by atoms with Gasteiger partial charge < -0.3 is 19.9 Å². The molecule has 0 saturated carbocycles. The van der Waals surface area contributed by atoms with E-state index in [1.807, 2.05) is 64.3 Å². The Kier molecular flexibility index (Phi) is 17.5. The summed E-state index contributed by atoms with van der Waals surface area (Å²) in [5.41, 5.74) is 2.19. The molecule has 0 radical (unpaired) electrons. The second-order valence-electron chi connectivity index (χ2n) is 18.9. The summed E-state index contributed by atoms with van der Waals surface area (Å²) in [5, 5.41) is 16.5. The lowest BCUT2D eigenvalue weighted by atomic mass is 9.84. The molecular formula is C50H63N3O7S3Si. The first-order valence-electron chi connectivity index (χ1n) is 21.8. The Morgan fingerprint density at radius 1 is 0.922 bits per heavy atom. The van der Waals surface area contributed by atoms with Crippen LogP contribution in [0.3, 0.4) is 0 Å². The van der Waals surface area contributed by atoms with Crippen molar-refractivity contribution in [2.24, 2.45) is 16.8 Å². The van der Waals surface area contributed by atoms with Gasteiger partial charge in [0.1, 0.15) is 39.0 Å². The van der Waals surface area contributed by atoms with E-state index in [0.29, 0.717) is 40.1 Å². The minimum atomic E-state index is -1.67. The van der Waals surface area contributed by atoms with Gasteiger partial charge in [-0.05, 0) is 75.0 Å². The van der Waals surface area contributed by atoms with Gasteiger partial charge in [0.15, 0.2) is 0 Å². The zero-order chi connectivity index (χ0) is 46.7. The van der Waals surface area contributed by atoms with Crippen molar-refractivity contribution in [3.63, 3.8) is 0 Å². The van der Waals surface area contributed by atoms with E-state index < -0.39 is 59.9 Å². The van der Waals surface area contributed by atoms with E-state index in [1.165, 1.54) is 23.1 Å². The molecule has 342 valence electrons. The number of carbonyl (C=O) groups is 4. The van der Waals surface area contributed by atoms with Crippen molar-refractivity contribution in [2.45, 2.75) is 115 Å². The Bertz CT molecular complexity index is 2160. The van der Waals surface area contributed by atoms with Crippen LogP contribution >= 0.6 is 34.9 Å². The smallest absolute Gasteiger partial charge is 0.329 e. The summed E-state index contributed by atoms with van der Waals surface area (Å²) in [7, 11) is -1.67. The van der Waals surface area contributed by atoms with Gasteiger partial charge in [-0.15, -0.1) is 34.9 Å². The lowest BCUT2D eigenvalue weighted by Gasteiger charge is -2.35. The molecule has 2 heterocycles. The van der Waals surface area contributed by atoms with Gasteiger partial charge in [-0.3, -0.25) is 19.4 Å². The fourth-order valence-electron chi connectivity index (χ4n) is 7.29. The number of carboxylic acid groups (broad SMARTS) is 1. The number of aliphatic imine (C=N–C) groups is 1. The van der Waals surface area contributed by atoms with E-state index in [1.54, 1.807) is 24.8 Å². The van der Waals surface area contributed by atoms with Crippen LogP contribution < -0.4 is 5.32 Å². The maximum atomic E-state index is 14.2. The molecule has 1 aliphatic rings. The van der Waals surface area contributed by atoms with Crippen LogP contribution in [-0.2, 0) is 39.8 Å². The number of esters is 2. The van der Waals surface area contributed by atoms with Gasteiger partial charge in [0.2, 0.25) is 5.91 Å². The Hall–Kier alpha value is -4.50. The zero-order valence-corrected chi connectivity index (χ0v) is 41.9. The number of carboxylic acids is 1. The monoisotopic (exact) mass is 941 g/mol. The van der Waals surface area contributed by atoms with Crippen molar-refractivity contribution in [1.29, 1.82) is 0 Å². The lowest BCUT2D eigenvalue weighted by molar-refractivity contribution is -0.159.